The van der Waals surface area contributed by atoms with Crippen LogP contribution in [0.1, 0.15) is 5.56 Å². The Morgan fingerprint density at radius 3 is 2.76 bits per heavy atom. The van der Waals surface area contributed by atoms with Gasteiger partial charge in [-0.3, -0.25) is 4.98 Å². The molecule has 3 N–H and O–H groups in total. The molecule has 2 aromatic heterocycles. The van der Waals surface area contributed by atoms with Crippen LogP contribution >= 0.6 is 11.6 Å². The zero-order valence-corrected chi connectivity index (χ0v) is 16.3. The summed E-state index contributed by atoms with van der Waals surface area (Å²) in [5.41, 5.74) is 8.99. The molecule has 2 heterocycles. The van der Waals surface area contributed by atoms with Crippen LogP contribution in [0.5, 0.6) is 11.5 Å². The Morgan fingerprint density at radius 2 is 2.00 bits per heavy atom. The zero-order valence-electron chi connectivity index (χ0n) is 15.6. The van der Waals surface area contributed by atoms with E-state index >= 15 is 0 Å². The first kappa shape index (κ1) is 18.8. The van der Waals surface area contributed by atoms with Gasteiger partial charge in [-0.25, -0.2) is 9.97 Å². The molecule has 0 aliphatic rings. The molecule has 0 bridgehead atoms. The Hall–Kier alpha value is -3.58. The van der Waals surface area contributed by atoms with E-state index in [1.54, 1.807) is 37.7 Å². The molecule has 29 heavy (non-hydrogen) atoms. The molecule has 0 saturated carbocycles. The van der Waals surface area contributed by atoms with Crippen molar-refractivity contribution < 1.29 is 9.47 Å². The number of hydrogen-bond donors (Lipinski definition) is 2. The predicted octanol–water partition coefficient (Wildman–Crippen LogP) is 4.59. The summed E-state index contributed by atoms with van der Waals surface area (Å²) in [5, 5.41) is 4.52. The van der Waals surface area contributed by atoms with Crippen molar-refractivity contribution in [2.75, 3.05) is 18.2 Å². The summed E-state index contributed by atoms with van der Waals surface area (Å²) < 4.78 is 11.0. The third kappa shape index (κ3) is 4.14. The maximum absolute atomic E-state index is 6.39. The van der Waals surface area contributed by atoms with E-state index in [4.69, 9.17) is 26.8 Å². The van der Waals surface area contributed by atoms with Gasteiger partial charge in [-0.1, -0.05) is 17.7 Å². The van der Waals surface area contributed by atoms with Crippen molar-refractivity contribution in [3.8, 4) is 11.5 Å². The number of pyridine rings is 1. The summed E-state index contributed by atoms with van der Waals surface area (Å²) in [7, 11) is 1.57. The van der Waals surface area contributed by atoms with Crippen molar-refractivity contribution in [3.05, 3.63) is 71.8 Å². The lowest BCUT2D eigenvalue weighted by Crippen LogP contribution is -1.99. The number of hydrogen-bond acceptors (Lipinski definition) is 7. The van der Waals surface area contributed by atoms with Crippen LogP contribution in [0.2, 0.25) is 5.02 Å². The van der Waals surface area contributed by atoms with Gasteiger partial charge in [-0.15, -0.1) is 0 Å². The van der Waals surface area contributed by atoms with E-state index in [1.165, 1.54) is 6.33 Å². The maximum atomic E-state index is 6.39. The Balaban J connectivity index is 1.55. The quantitative estimate of drug-likeness (QED) is 0.451. The lowest BCUT2D eigenvalue weighted by atomic mass is 10.2. The first-order valence-electron chi connectivity index (χ1n) is 8.80. The highest BCUT2D eigenvalue weighted by Gasteiger charge is 2.10. The highest BCUT2D eigenvalue weighted by molar-refractivity contribution is 6.32. The molecule has 2 aromatic carbocycles. The molecule has 7 nitrogen and oxygen atoms in total. The molecule has 0 saturated heterocycles. The second-order valence-electron chi connectivity index (χ2n) is 6.25. The second kappa shape index (κ2) is 8.20. The normalized spacial score (nSPS) is 10.7. The Kier molecular flexibility index (Phi) is 5.31. The molecule has 0 radical (unpaired) electrons. The Morgan fingerprint density at radius 1 is 1.10 bits per heavy atom. The van der Waals surface area contributed by atoms with Crippen molar-refractivity contribution in [1.29, 1.82) is 0 Å². The molecule has 146 valence electrons. The van der Waals surface area contributed by atoms with Gasteiger partial charge >= 0.3 is 0 Å². The predicted molar refractivity (Wildman–Crippen MR) is 114 cm³/mol. The van der Waals surface area contributed by atoms with E-state index in [2.05, 4.69) is 20.3 Å². The van der Waals surface area contributed by atoms with Gasteiger partial charge in [0.25, 0.3) is 0 Å². The van der Waals surface area contributed by atoms with E-state index in [-0.39, 0.29) is 0 Å². The molecule has 0 atom stereocenters. The number of nitrogens with one attached hydrogen (secondary N) is 1. The van der Waals surface area contributed by atoms with Crippen LogP contribution in [0, 0.1) is 0 Å². The standard InChI is InChI=1S/C21H18ClN5O2/c1-28-20-9-18-15(8-17(20)23)21(26-12-25-18)27-14-4-5-19(16(22)7-14)29-11-13-3-2-6-24-10-13/h2-10,12H,11,23H2,1H3,(H,25,26,27). The lowest BCUT2D eigenvalue weighted by Gasteiger charge is -2.13. The average Bonchev–Trinajstić information content (AvgIpc) is 2.74. The van der Waals surface area contributed by atoms with Gasteiger partial charge in [0.1, 0.15) is 30.3 Å². The van der Waals surface area contributed by atoms with Crippen molar-refractivity contribution in [2.24, 2.45) is 0 Å². The number of aromatic nitrogens is 3. The van der Waals surface area contributed by atoms with Crippen LogP contribution in [0.25, 0.3) is 10.9 Å². The summed E-state index contributed by atoms with van der Waals surface area (Å²) >= 11 is 6.39. The molecule has 0 unspecified atom stereocenters. The molecule has 0 aliphatic heterocycles. The number of ether oxygens (including phenoxy) is 2. The highest BCUT2D eigenvalue weighted by atomic mass is 35.5. The minimum atomic E-state index is 0.387. The molecular weight excluding hydrogens is 390 g/mol. The minimum Gasteiger partial charge on any atom is -0.495 e. The smallest absolute Gasteiger partial charge is 0.143 e. The summed E-state index contributed by atoms with van der Waals surface area (Å²) in [5.74, 6) is 1.77. The number of anilines is 3. The third-order valence-electron chi connectivity index (χ3n) is 4.30. The van der Waals surface area contributed by atoms with Gasteiger partial charge in [0.05, 0.1) is 23.3 Å². The van der Waals surface area contributed by atoms with Gasteiger partial charge in [0.15, 0.2) is 0 Å². The number of halogens is 1. The van der Waals surface area contributed by atoms with Crippen LogP contribution in [-0.2, 0) is 6.61 Å². The van der Waals surface area contributed by atoms with Gasteiger partial charge in [-0.2, -0.15) is 0 Å². The second-order valence-corrected chi connectivity index (χ2v) is 6.66. The number of nitrogens with zero attached hydrogens (tertiary/aromatic N) is 3. The Labute approximate surface area is 172 Å². The van der Waals surface area contributed by atoms with E-state index in [1.807, 2.05) is 24.3 Å². The fourth-order valence-electron chi connectivity index (χ4n) is 2.85. The number of rotatable bonds is 6. The third-order valence-corrected chi connectivity index (χ3v) is 4.59. The number of methoxy groups -OCH3 is 1. The number of benzene rings is 2. The van der Waals surface area contributed by atoms with Gasteiger partial charge < -0.3 is 20.5 Å². The summed E-state index contributed by atoms with van der Waals surface area (Å²) in [6.07, 6.45) is 4.95. The lowest BCUT2D eigenvalue weighted by molar-refractivity contribution is 0.306. The first-order chi connectivity index (χ1) is 14.1. The molecule has 4 rings (SSSR count). The zero-order chi connectivity index (χ0) is 20.2. The average molecular weight is 408 g/mol. The van der Waals surface area contributed by atoms with E-state index < -0.39 is 0 Å². The number of fused-ring (bicyclic) bond motifs is 1. The summed E-state index contributed by atoms with van der Waals surface area (Å²) in [6, 6.07) is 12.8. The maximum Gasteiger partial charge on any atom is 0.143 e. The first-order valence-corrected chi connectivity index (χ1v) is 9.18. The molecule has 0 amide bonds. The number of nitrogen functional groups attached to an aromatic ring is 1. The van der Waals surface area contributed by atoms with E-state index in [0.29, 0.717) is 34.6 Å². The number of nitrogens with two attached hydrogens (primary N) is 1. The van der Waals surface area contributed by atoms with Crippen molar-refractivity contribution in [3.63, 3.8) is 0 Å². The summed E-state index contributed by atoms with van der Waals surface area (Å²) in [4.78, 5) is 12.7. The Bertz CT molecular complexity index is 1150. The van der Waals surface area contributed by atoms with Crippen LogP contribution < -0.4 is 20.5 Å². The molecule has 0 fully saturated rings. The van der Waals surface area contributed by atoms with Gasteiger partial charge in [0.2, 0.25) is 0 Å². The SMILES string of the molecule is COc1cc2ncnc(Nc3ccc(OCc4cccnc4)c(Cl)c3)c2cc1N. The van der Waals surface area contributed by atoms with E-state index in [0.717, 1.165) is 22.2 Å². The van der Waals surface area contributed by atoms with Crippen LogP contribution in [-0.4, -0.2) is 22.1 Å². The van der Waals surface area contributed by atoms with Crippen LogP contribution in [0.4, 0.5) is 17.2 Å². The molecule has 8 heteroatoms. The topological polar surface area (TPSA) is 95.2 Å². The van der Waals surface area contributed by atoms with Gasteiger partial charge in [-0.05, 0) is 30.3 Å². The van der Waals surface area contributed by atoms with Crippen LogP contribution in [0.15, 0.2) is 61.2 Å². The fourth-order valence-corrected chi connectivity index (χ4v) is 3.09. The van der Waals surface area contributed by atoms with Crippen molar-refractivity contribution in [1.82, 2.24) is 15.0 Å². The molecular formula is C21H18ClN5O2. The minimum absolute atomic E-state index is 0.387. The van der Waals surface area contributed by atoms with Crippen molar-refractivity contribution in [2.45, 2.75) is 6.61 Å². The molecule has 4 aromatic rings. The van der Waals surface area contributed by atoms with E-state index in [9.17, 15) is 0 Å². The monoisotopic (exact) mass is 407 g/mol. The fraction of sp³-hybridized carbons (Fsp3) is 0.0952. The van der Waals surface area contributed by atoms with Gasteiger partial charge in [0, 0.05) is 35.1 Å². The molecule has 0 aliphatic carbocycles. The highest BCUT2D eigenvalue weighted by Crippen LogP contribution is 2.33. The largest absolute Gasteiger partial charge is 0.495 e. The van der Waals surface area contributed by atoms with Crippen molar-refractivity contribution >= 4 is 39.7 Å². The van der Waals surface area contributed by atoms with Crippen LogP contribution in [0.3, 0.4) is 0 Å². The molecule has 0 spiro atoms. The summed E-state index contributed by atoms with van der Waals surface area (Å²) in [6.45, 7) is 0.387.